The van der Waals surface area contributed by atoms with Crippen LogP contribution in [-0.4, -0.2) is 38.5 Å². The van der Waals surface area contributed by atoms with E-state index in [1.54, 1.807) is 11.8 Å². The van der Waals surface area contributed by atoms with Crippen molar-refractivity contribution in [2.24, 2.45) is 5.92 Å². The number of hydrogen-bond donors (Lipinski definition) is 1. The van der Waals surface area contributed by atoms with Crippen molar-refractivity contribution in [3.05, 3.63) is 36.2 Å². The summed E-state index contributed by atoms with van der Waals surface area (Å²) in [4.78, 5) is 0.183. The molecule has 3 rings (SSSR count). The number of hydrogen-bond acceptors (Lipinski definition) is 5. The summed E-state index contributed by atoms with van der Waals surface area (Å²) in [7, 11) is -1.95. The lowest BCUT2D eigenvalue weighted by atomic mass is 9.96. The Morgan fingerprint density at radius 3 is 3.00 bits per heavy atom. The summed E-state index contributed by atoms with van der Waals surface area (Å²) in [6.07, 6.45) is 3.63. The number of methoxy groups -OCH3 is 1. The van der Waals surface area contributed by atoms with Crippen LogP contribution in [0.25, 0.3) is 0 Å². The highest BCUT2D eigenvalue weighted by Gasteiger charge is 2.25. The van der Waals surface area contributed by atoms with E-state index in [4.69, 9.17) is 9.47 Å². The van der Waals surface area contributed by atoms with Gasteiger partial charge in [0.15, 0.2) is 11.5 Å². The van der Waals surface area contributed by atoms with Crippen LogP contribution in [0.5, 0.6) is 11.5 Å². The van der Waals surface area contributed by atoms with Crippen molar-refractivity contribution in [3.8, 4) is 11.5 Å². The minimum absolute atomic E-state index is 0.0700. The summed E-state index contributed by atoms with van der Waals surface area (Å²) in [6, 6.07) is 5.74. The number of aromatic nitrogens is 2. The second-order valence-electron chi connectivity index (χ2n) is 5.71. The van der Waals surface area contributed by atoms with Gasteiger partial charge < -0.3 is 9.47 Å². The molecule has 0 unspecified atom stereocenters. The molecule has 2 heterocycles. The van der Waals surface area contributed by atoms with E-state index >= 15 is 0 Å². The summed E-state index contributed by atoms with van der Waals surface area (Å²) >= 11 is 0. The zero-order valence-corrected chi connectivity index (χ0v) is 14.5. The first-order valence-electron chi connectivity index (χ1n) is 7.84. The normalized spacial score (nSPS) is 17.2. The predicted molar refractivity (Wildman–Crippen MR) is 88.8 cm³/mol. The van der Waals surface area contributed by atoms with Crippen LogP contribution < -0.4 is 14.2 Å². The fourth-order valence-electron chi connectivity index (χ4n) is 2.72. The van der Waals surface area contributed by atoms with E-state index in [1.165, 1.54) is 12.4 Å². The molecule has 1 aliphatic rings. The van der Waals surface area contributed by atoms with Gasteiger partial charge in [0, 0.05) is 25.2 Å². The maximum Gasteiger partial charge on any atom is 0.243 e. The van der Waals surface area contributed by atoms with Crippen molar-refractivity contribution in [2.75, 3.05) is 20.3 Å². The highest BCUT2D eigenvalue weighted by atomic mass is 32.2. The Bertz CT molecular complexity index is 816. The molecule has 24 heavy (non-hydrogen) atoms. The van der Waals surface area contributed by atoms with Crippen LogP contribution in [0.15, 0.2) is 35.5 Å². The maximum absolute atomic E-state index is 12.3. The van der Waals surface area contributed by atoms with Crippen molar-refractivity contribution in [3.63, 3.8) is 0 Å². The van der Waals surface area contributed by atoms with E-state index in [2.05, 4.69) is 9.82 Å². The number of ether oxygens (including phenoxy) is 2. The average molecular weight is 351 g/mol. The van der Waals surface area contributed by atoms with Crippen LogP contribution in [0.2, 0.25) is 0 Å². The lowest BCUT2D eigenvalue weighted by molar-refractivity contribution is 0.213. The van der Waals surface area contributed by atoms with Gasteiger partial charge in [0.25, 0.3) is 0 Å². The third kappa shape index (κ3) is 3.39. The molecule has 2 aromatic rings. The Hall–Kier alpha value is -2.06. The van der Waals surface area contributed by atoms with Gasteiger partial charge in [-0.25, -0.2) is 13.1 Å². The molecule has 130 valence electrons. The van der Waals surface area contributed by atoms with Crippen molar-refractivity contribution in [1.29, 1.82) is 0 Å². The molecule has 1 aromatic carbocycles. The Morgan fingerprint density at radius 1 is 1.46 bits per heavy atom. The van der Waals surface area contributed by atoms with E-state index in [-0.39, 0.29) is 10.8 Å². The fourth-order valence-corrected chi connectivity index (χ4v) is 3.78. The summed E-state index contributed by atoms with van der Waals surface area (Å²) in [5.41, 5.74) is 1.03. The first kappa shape index (κ1) is 16.8. The summed E-state index contributed by atoms with van der Waals surface area (Å²) in [5.74, 6) is 1.53. The van der Waals surface area contributed by atoms with Crippen LogP contribution >= 0.6 is 0 Å². The van der Waals surface area contributed by atoms with Gasteiger partial charge in [-0.2, -0.15) is 5.10 Å². The Kier molecular flexibility index (Phi) is 4.77. The molecule has 0 fully saturated rings. The molecule has 1 aliphatic heterocycles. The fraction of sp³-hybridized carbons (Fsp3) is 0.438. The SMILES string of the molecule is CCn1cc(S(=O)(=O)NC[C@@H]2COc3c(cccc3OC)C2)cn1. The highest BCUT2D eigenvalue weighted by Crippen LogP contribution is 2.35. The molecule has 1 N–H and O–H groups in total. The van der Waals surface area contributed by atoms with Gasteiger partial charge in [-0.1, -0.05) is 12.1 Å². The largest absolute Gasteiger partial charge is 0.493 e. The van der Waals surface area contributed by atoms with Crippen LogP contribution in [0.1, 0.15) is 12.5 Å². The van der Waals surface area contributed by atoms with Crippen molar-refractivity contribution in [2.45, 2.75) is 24.8 Å². The summed E-state index contributed by atoms with van der Waals surface area (Å²) in [6.45, 7) is 3.30. The molecule has 1 atom stereocenters. The molecule has 0 spiro atoms. The van der Waals surface area contributed by atoms with E-state index in [9.17, 15) is 8.42 Å². The quantitative estimate of drug-likeness (QED) is 0.852. The number of fused-ring (bicyclic) bond motifs is 1. The van der Waals surface area contributed by atoms with Gasteiger partial charge in [-0.05, 0) is 25.0 Å². The zero-order chi connectivity index (χ0) is 17.2. The second kappa shape index (κ2) is 6.82. The van der Waals surface area contributed by atoms with Gasteiger partial charge in [0.2, 0.25) is 10.0 Å². The molecule has 0 aliphatic carbocycles. The number of rotatable bonds is 6. The molecule has 7 nitrogen and oxygen atoms in total. The standard InChI is InChI=1S/C16H21N3O4S/c1-3-19-10-14(9-17-19)24(20,21)18-8-12-7-13-5-4-6-15(22-2)16(13)23-11-12/h4-6,9-10,12,18H,3,7-8,11H2,1-2H3/t12-/m1/s1. The lowest BCUT2D eigenvalue weighted by Gasteiger charge is -2.26. The molecular weight excluding hydrogens is 330 g/mol. The number of para-hydroxylation sites is 1. The lowest BCUT2D eigenvalue weighted by Crippen LogP contribution is -2.34. The van der Waals surface area contributed by atoms with Gasteiger partial charge >= 0.3 is 0 Å². The monoisotopic (exact) mass is 351 g/mol. The molecule has 0 bridgehead atoms. The number of benzene rings is 1. The van der Waals surface area contributed by atoms with Crippen LogP contribution in [0.4, 0.5) is 0 Å². The molecule has 0 amide bonds. The van der Waals surface area contributed by atoms with Gasteiger partial charge in [-0.3, -0.25) is 4.68 Å². The van der Waals surface area contributed by atoms with E-state index < -0.39 is 10.0 Å². The van der Waals surface area contributed by atoms with Crippen molar-refractivity contribution < 1.29 is 17.9 Å². The number of aryl methyl sites for hydroxylation is 1. The molecule has 0 radical (unpaired) electrons. The third-order valence-corrected chi connectivity index (χ3v) is 5.44. The first-order valence-corrected chi connectivity index (χ1v) is 9.32. The Labute approximate surface area is 141 Å². The highest BCUT2D eigenvalue weighted by molar-refractivity contribution is 7.89. The summed E-state index contributed by atoms with van der Waals surface area (Å²) < 4.78 is 39.9. The van der Waals surface area contributed by atoms with E-state index in [0.717, 1.165) is 17.7 Å². The molecule has 8 heteroatoms. The average Bonchev–Trinajstić information content (AvgIpc) is 3.09. The second-order valence-corrected chi connectivity index (χ2v) is 7.48. The number of nitrogens with zero attached hydrogens (tertiary/aromatic N) is 2. The van der Waals surface area contributed by atoms with E-state index in [0.29, 0.717) is 25.4 Å². The Balaban J connectivity index is 1.65. The van der Waals surface area contributed by atoms with Crippen LogP contribution in [0, 0.1) is 5.92 Å². The predicted octanol–water partition coefficient (Wildman–Crippen LogP) is 1.44. The van der Waals surface area contributed by atoms with Crippen molar-refractivity contribution in [1.82, 2.24) is 14.5 Å². The number of sulfonamides is 1. The van der Waals surface area contributed by atoms with Crippen molar-refractivity contribution >= 4 is 10.0 Å². The van der Waals surface area contributed by atoms with Gasteiger partial charge in [-0.15, -0.1) is 0 Å². The van der Waals surface area contributed by atoms with Crippen LogP contribution in [0.3, 0.4) is 0 Å². The Morgan fingerprint density at radius 2 is 2.29 bits per heavy atom. The van der Waals surface area contributed by atoms with Crippen LogP contribution in [-0.2, 0) is 23.0 Å². The van der Waals surface area contributed by atoms with E-state index in [1.807, 2.05) is 25.1 Å². The van der Waals surface area contributed by atoms with Gasteiger partial charge in [0.1, 0.15) is 4.90 Å². The smallest absolute Gasteiger partial charge is 0.243 e. The summed E-state index contributed by atoms with van der Waals surface area (Å²) in [5, 5.41) is 4.00. The zero-order valence-electron chi connectivity index (χ0n) is 13.7. The minimum Gasteiger partial charge on any atom is -0.493 e. The molecule has 0 saturated heterocycles. The molecular formula is C16H21N3O4S. The van der Waals surface area contributed by atoms with Gasteiger partial charge in [0.05, 0.1) is 19.9 Å². The molecule has 0 saturated carbocycles. The minimum atomic E-state index is -3.55. The molecule has 1 aromatic heterocycles. The topological polar surface area (TPSA) is 82.5 Å². The third-order valence-electron chi connectivity index (χ3n) is 4.06. The number of nitrogens with one attached hydrogen (secondary N) is 1. The maximum atomic E-state index is 12.3. The first-order chi connectivity index (χ1) is 11.5.